The van der Waals surface area contributed by atoms with Crippen LogP contribution in [-0.2, 0) is 5.88 Å². The van der Waals surface area contributed by atoms with Crippen molar-refractivity contribution in [2.75, 3.05) is 0 Å². The summed E-state index contributed by atoms with van der Waals surface area (Å²) < 4.78 is 2.32. The van der Waals surface area contributed by atoms with Crippen LogP contribution in [0.4, 0.5) is 0 Å². The van der Waals surface area contributed by atoms with Crippen molar-refractivity contribution in [3.63, 3.8) is 0 Å². The molecule has 1 unspecified atom stereocenters. The van der Waals surface area contributed by atoms with Crippen molar-refractivity contribution in [1.82, 2.24) is 9.55 Å². The topological polar surface area (TPSA) is 17.8 Å². The number of alkyl halides is 1. The molecule has 3 rings (SSSR count). The predicted molar refractivity (Wildman–Crippen MR) is 81.0 cm³/mol. The van der Waals surface area contributed by atoms with Crippen molar-refractivity contribution in [2.24, 2.45) is 5.41 Å². The Balaban J connectivity index is 2.23. The lowest BCUT2D eigenvalue weighted by molar-refractivity contribution is 0.262. The van der Waals surface area contributed by atoms with E-state index < -0.39 is 0 Å². The average Bonchev–Trinajstić information content (AvgIpc) is 2.88. The zero-order valence-corrected chi connectivity index (χ0v) is 12.8. The van der Waals surface area contributed by atoms with Gasteiger partial charge in [0.2, 0.25) is 0 Å². The molecule has 2 nitrogen and oxygen atoms in total. The fraction of sp³-hybridized carbons (Fsp3) is 0.533. The maximum Gasteiger partial charge on any atom is 0.125 e. The summed E-state index contributed by atoms with van der Waals surface area (Å²) in [5.41, 5.74) is 2.39. The van der Waals surface area contributed by atoms with Crippen molar-refractivity contribution in [2.45, 2.75) is 45.0 Å². The molecule has 0 radical (unpaired) electrons. The molecule has 0 saturated heterocycles. The monoisotopic (exact) mass is 296 g/mol. The van der Waals surface area contributed by atoms with E-state index in [-0.39, 0.29) is 5.41 Å². The molecule has 0 amide bonds. The van der Waals surface area contributed by atoms with Crippen molar-refractivity contribution in [1.29, 1.82) is 0 Å². The Labute approximate surface area is 123 Å². The minimum atomic E-state index is 0.288. The third-order valence-electron chi connectivity index (χ3n) is 4.36. The van der Waals surface area contributed by atoms with Crippen LogP contribution in [0.25, 0.3) is 11.0 Å². The molecule has 2 aromatic rings. The fourth-order valence-electron chi connectivity index (χ4n) is 3.35. The molecule has 102 valence electrons. The number of rotatable bonds is 2. The van der Waals surface area contributed by atoms with Gasteiger partial charge in [0.05, 0.1) is 16.9 Å². The maximum atomic E-state index is 6.15. The van der Waals surface area contributed by atoms with Crippen LogP contribution in [0.2, 0.25) is 5.02 Å². The minimum absolute atomic E-state index is 0.288. The number of imidazole rings is 1. The summed E-state index contributed by atoms with van der Waals surface area (Å²) in [6, 6.07) is 6.34. The zero-order valence-electron chi connectivity index (χ0n) is 11.3. The molecular formula is C15H18Cl2N2. The lowest BCUT2D eigenvalue weighted by Gasteiger charge is -2.30. The van der Waals surface area contributed by atoms with Gasteiger partial charge in [0, 0.05) is 11.1 Å². The minimum Gasteiger partial charge on any atom is -0.323 e. The molecule has 0 aliphatic heterocycles. The Morgan fingerprint density at radius 1 is 1.42 bits per heavy atom. The van der Waals surface area contributed by atoms with Crippen LogP contribution in [0.5, 0.6) is 0 Å². The van der Waals surface area contributed by atoms with Crippen molar-refractivity contribution >= 4 is 34.2 Å². The summed E-state index contributed by atoms with van der Waals surface area (Å²) >= 11 is 12.2. The third-order valence-corrected chi connectivity index (χ3v) is 4.83. The van der Waals surface area contributed by atoms with Gasteiger partial charge in [-0.2, -0.15) is 0 Å². The fourth-order valence-corrected chi connectivity index (χ4v) is 3.70. The highest BCUT2D eigenvalue weighted by atomic mass is 35.5. The summed E-state index contributed by atoms with van der Waals surface area (Å²) in [7, 11) is 0. The molecule has 1 saturated carbocycles. The van der Waals surface area contributed by atoms with Crippen molar-refractivity contribution < 1.29 is 0 Å². The lowest BCUT2D eigenvalue weighted by atomic mass is 9.87. The Hall–Kier alpha value is -0.730. The summed E-state index contributed by atoms with van der Waals surface area (Å²) in [5, 5.41) is 0.755. The van der Waals surface area contributed by atoms with E-state index in [1.165, 1.54) is 19.3 Å². The highest BCUT2D eigenvalue weighted by molar-refractivity contribution is 6.31. The van der Waals surface area contributed by atoms with Crippen LogP contribution in [-0.4, -0.2) is 9.55 Å². The summed E-state index contributed by atoms with van der Waals surface area (Å²) in [4.78, 5) is 4.65. The average molecular weight is 297 g/mol. The summed E-state index contributed by atoms with van der Waals surface area (Å²) in [6.45, 7) is 4.66. The van der Waals surface area contributed by atoms with Crippen LogP contribution >= 0.6 is 23.2 Å². The van der Waals surface area contributed by atoms with Gasteiger partial charge in [-0.05, 0) is 36.5 Å². The van der Waals surface area contributed by atoms with Crippen LogP contribution < -0.4 is 0 Å². The molecule has 0 spiro atoms. The molecule has 1 aromatic heterocycles. The number of hydrogen-bond donors (Lipinski definition) is 0. The molecule has 0 bridgehead atoms. The third kappa shape index (κ3) is 2.15. The van der Waals surface area contributed by atoms with E-state index in [1.54, 1.807) is 0 Å². The van der Waals surface area contributed by atoms with E-state index in [0.29, 0.717) is 11.9 Å². The van der Waals surface area contributed by atoms with Gasteiger partial charge in [0.15, 0.2) is 0 Å². The predicted octanol–water partition coefficient (Wildman–Crippen LogP) is 5.18. The highest BCUT2D eigenvalue weighted by Gasteiger charge is 2.37. The zero-order chi connectivity index (χ0) is 13.6. The molecule has 19 heavy (non-hydrogen) atoms. The van der Waals surface area contributed by atoms with Gasteiger partial charge in [-0.15, -0.1) is 11.6 Å². The first-order valence-corrected chi connectivity index (χ1v) is 7.66. The first-order valence-electron chi connectivity index (χ1n) is 6.75. The summed E-state index contributed by atoms with van der Waals surface area (Å²) in [5.74, 6) is 1.40. The molecule has 4 heteroatoms. The molecular weight excluding hydrogens is 279 g/mol. The van der Waals surface area contributed by atoms with Crippen LogP contribution in [0.15, 0.2) is 18.2 Å². The number of halogens is 2. The number of benzene rings is 1. The van der Waals surface area contributed by atoms with Crippen molar-refractivity contribution in [3.05, 3.63) is 29.0 Å². The van der Waals surface area contributed by atoms with Gasteiger partial charge in [-0.3, -0.25) is 0 Å². The molecule has 1 aromatic carbocycles. The van der Waals surface area contributed by atoms with E-state index in [2.05, 4.69) is 23.4 Å². The van der Waals surface area contributed by atoms with Gasteiger partial charge < -0.3 is 4.57 Å². The highest BCUT2D eigenvalue weighted by Crippen LogP contribution is 2.47. The van der Waals surface area contributed by atoms with Crippen LogP contribution in [0, 0.1) is 5.41 Å². The van der Waals surface area contributed by atoms with Gasteiger partial charge in [0.25, 0.3) is 0 Å². The quantitative estimate of drug-likeness (QED) is 0.698. The van der Waals surface area contributed by atoms with Gasteiger partial charge >= 0.3 is 0 Å². The van der Waals surface area contributed by atoms with Crippen LogP contribution in [0.3, 0.4) is 0 Å². The first-order chi connectivity index (χ1) is 9.03. The summed E-state index contributed by atoms with van der Waals surface area (Å²) in [6.07, 6.45) is 3.70. The number of hydrogen-bond acceptors (Lipinski definition) is 1. The van der Waals surface area contributed by atoms with E-state index in [0.717, 1.165) is 21.9 Å². The largest absolute Gasteiger partial charge is 0.323 e. The Morgan fingerprint density at radius 3 is 2.84 bits per heavy atom. The van der Waals surface area contributed by atoms with E-state index in [4.69, 9.17) is 23.2 Å². The Morgan fingerprint density at radius 2 is 2.21 bits per heavy atom. The smallest absolute Gasteiger partial charge is 0.125 e. The second-order valence-electron chi connectivity index (χ2n) is 6.06. The SMILES string of the molecule is CC1(C)CCCC1n1c(CCl)nc2ccc(Cl)cc21. The van der Waals surface area contributed by atoms with Crippen LogP contribution in [0.1, 0.15) is 45.0 Å². The van der Waals surface area contributed by atoms with E-state index in [9.17, 15) is 0 Å². The van der Waals surface area contributed by atoms with Gasteiger partial charge in [-0.25, -0.2) is 4.98 Å². The van der Waals surface area contributed by atoms with E-state index in [1.807, 2.05) is 18.2 Å². The second-order valence-corrected chi connectivity index (χ2v) is 6.77. The molecule has 1 heterocycles. The Kier molecular flexibility index (Phi) is 3.26. The lowest BCUT2D eigenvalue weighted by Crippen LogP contribution is -2.22. The molecule has 1 aliphatic carbocycles. The number of aromatic nitrogens is 2. The Bertz CT molecular complexity index is 616. The molecule has 0 N–H and O–H groups in total. The molecule has 1 atom stereocenters. The normalized spacial score (nSPS) is 22.2. The number of fused-ring (bicyclic) bond motifs is 1. The van der Waals surface area contributed by atoms with Crippen molar-refractivity contribution in [3.8, 4) is 0 Å². The van der Waals surface area contributed by atoms with Gasteiger partial charge in [0.1, 0.15) is 5.82 Å². The molecule has 1 fully saturated rings. The van der Waals surface area contributed by atoms with Gasteiger partial charge in [-0.1, -0.05) is 31.9 Å². The number of nitrogens with zero attached hydrogens (tertiary/aromatic N) is 2. The standard InChI is InChI=1S/C15H18Cl2N2/c1-15(2)7-3-4-13(15)19-12-8-10(17)5-6-11(12)18-14(19)9-16/h5-6,8,13H,3-4,7,9H2,1-2H3. The molecule has 1 aliphatic rings. The maximum absolute atomic E-state index is 6.15. The second kappa shape index (κ2) is 4.68. The van der Waals surface area contributed by atoms with E-state index >= 15 is 0 Å². The first kappa shape index (κ1) is 13.3.